The topological polar surface area (TPSA) is 133 Å². The SMILES string of the molecule is Cc1c(OCc2cnco2)ccc2c1CCN(CC(O)CNC(=O)c1ccnc(NC3CCN(C(=O)C(C)C)CC3)c1)C2. The molecule has 3 aromatic rings. The minimum Gasteiger partial charge on any atom is -0.485 e. The number of hydrogen-bond donors (Lipinski definition) is 3. The van der Waals surface area contributed by atoms with Crippen LogP contribution in [0.3, 0.4) is 0 Å². The first-order chi connectivity index (χ1) is 20.8. The molecule has 1 fully saturated rings. The zero-order chi connectivity index (χ0) is 30.3. The number of hydrogen-bond acceptors (Lipinski definition) is 9. The summed E-state index contributed by atoms with van der Waals surface area (Å²) in [7, 11) is 0. The summed E-state index contributed by atoms with van der Waals surface area (Å²) in [6, 6.07) is 7.67. The average Bonchev–Trinajstić information content (AvgIpc) is 3.53. The molecule has 5 rings (SSSR count). The molecule has 2 amide bonds. The second-order valence-corrected chi connectivity index (χ2v) is 11.8. The van der Waals surface area contributed by atoms with Crippen molar-refractivity contribution in [3.63, 3.8) is 0 Å². The van der Waals surface area contributed by atoms with Crippen LogP contribution >= 0.6 is 0 Å². The van der Waals surface area contributed by atoms with Gasteiger partial charge in [-0.25, -0.2) is 9.97 Å². The van der Waals surface area contributed by atoms with Gasteiger partial charge in [0.05, 0.1) is 12.3 Å². The maximum Gasteiger partial charge on any atom is 0.251 e. The van der Waals surface area contributed by atoms with Crippen molar-refractivity contribution in [2.75, 3.05) is 38.0 Å². The Morgan fingerprint density at radius 3 is 2.74 bits per heavy atom. The molecule has 1 aromatic carbocycles. The maximum absolute atomic E-state index is 12.9. The normalized spacial score (nSPS) is 16.5. The number of fused-ring (bicyclic) bond motifs is 1. The fourth-order valence-electron chi connectivity index (χ4n) is 5.80. The van der Waals surface area contributed by atoms with Crippen LogP contribution in [-0.4, -0.2) is 81.6 Å². The number of likely N-dealkylation sites (tertiary alicyclic amines) is 1. The molecule has 1 unspecified atom stereocenters. The number of piperidine rings is 1. The summed E-state index contributed by atoms with van der Waals surface area (Å²) in [6.07, 6.45) is 6.49. The lowest BCUT2D eigenvalue weighted by atomic mass is 9.94. The highest BCUT2D eigenvalue weighted by atomic mass is 16.5. The number of aromatic nitrogens is 2. The first-order valence-corrected chi connectivity index (χ1v) is 15.1. The lowest BCUT2D eigenvalue weighted by Crippen LogP contribution is -2.44. The summed E-state index contributed by atoms with van der Waals surface area (Å²) in [4.78, 5) is 37.6. The van der Waals surface area contributed by atoms with Crippen LogP contribution in [0.4, 0.5) is 5.82 Å². The predicted molar refractivity (Wildman–Crippen MR) is 162 cm³/mol. The number of rotatable bonds is 11. The van der Waals surface area contributed by atoms with Crippen molar-refractivity contribution in [2.45, 2.75) is 65.3 Å². The Morgan fingerprint density at radius 2 is 2.00 bits per heavy atom. The number of nitrogens with one attached hydrogen (secondary N) is 2. The van der Waals surface area contributed by atoms with Crippen molar-refractivity contribution < 1.29 is 23.8 Å². The number of aliphatic hydroxyl groups excluding tert-OH is 1. The number of amides is 2. The van der Waals surface area contributed by atoms with Gasteiger partial charge < -0.3 is 29.8 Å². The first kappa shape index (κ1) is 30.5. The van der Waals surface area contributed by atoms with E-state index in [0.717, 1.165) is 56.8 Å². The van der Waals surface area contributed by atoms with E-state index in [0.29, 0.717) is 30.3 Å². The highest BCUT2D eigenvalue weighted by Gasteiger charge is 2.25. The van der Waals surface area contributed by atoms with Gasteiger partial charge in [-0.15, -0.1) is 0 Å². The van der Waals surface area contributed by atoms with E-state index in [-0.39, 0.29) is 30.3 Å². The van der Waals surface area contributed by atoms with Gasteiger partial charge >= 0.3 is 0 Å². The van der Waals surface area contributed by atoms with E-state index in [1.165, 1.54) is 17.5 Å². The standard InChI is InChI=1S/C32H42N6O5/c1-21(2)32(41)38-12-7-25(8-13-38)36-30-14-23(6-10-34-30)31(40)35-15-26(39)18-37-11-9-28-22(3)29(5-4-24(28)17-37)42-19-27-16-33-20-43-27/h4-6,10,14,16,20-21,25-26,39H,7-9,11-13,15,17-19H2,1-3H3,(H,34,36)(H,35,40). The molecule has 2 aliphatic rings. The molecular formula is C32H42N6O5. The molecule has 2 aliphatic heterocycles. The molecule has 11 nitrogen and oxygen atoms in total. The van der Waals surface area contributed by atoms with Gasteiger partial charge in [-0.3, -0.25) is 14.5 Å². The van der Waals surface area contributed by atoms with Crippen molar-refractivity contribution >= 4 is 17.6 Å². The maximum atomic E-state index is 12.9. The zero-order valence-electron chi connectivity index (χ0n) is 25.2. The lowest BCUT2D eigenvalue weighted by Gasteiger charge is -2.33. The molecule has 11 heteroatoms. The van der Waals surface area contributed by atoms with Gasteiger partial charge in [0, 0.05) is 63.0 Å². The molecule has 230 valence electrons. The number of β-amino-alcohol motifs (C(OH)–C–C–N with tert-alkyl or cyclic N) is 1. The molecule has 4 heterocycles. The third-order valence-electron chi connectivity index (χ3n) is 8.21. The van der Waals surface area contributed by atoms with Gasteiger partial charge in [-0.05, 0) is 61.1 Å². The molecule has 3 N–H and O–H groups in total. The van der Waals surface area contributed by atoms with Gasteiger partial charge in [0.25, 0.3) is 5.91 Å². The third-order valence-corrected chi connectivity index (χ3v) is 8.21. The van der Waals surface area contributed by atoms with Gasteiger partial charge in [-0.1, -0.05) is 19.9 Å². The summed E-state index contributed by atoms with van der Waals surface area (Å²) < 4.78 is 11.2. The highest BCUT2D eigenvalue weighted by molar-refractivity contribution is 5.94. The number of benzene rings is 1. The first-order valence-electron chi connectivity index (χ1n) is 15.1. The monoisotopic (exact) mass is 590 g/mol. The summed E-state index contributed by atoms with van der Waals surface area (Å²) in [5.74, 6) is 2.10. The summed E-state index contributed by atoms with van der Waals surface area (Å²) in [6.45, 7) is 9.86. The Labute approximate surface area is 252 Å². The largest absolute Gasteiger partial charge is 0.485 e. The Morgan fingerprint density at radius 1 is 1.19 bits per heavy atom. The smallest absolute Gasteiger partial charge is 0.251 e. The molecule has 0 radical (unpaired) electrons. The molecule has 1 saturated heterocycles. The number of aliphatic hydroxyl groups is 1. The molecule has 1 atom stereocenters. The van der Waals surface area contributed by atoms with E-state index in [1.807, 2.05) is 24.8 Å². The second-order valence-electron chi connectivity index (χ2n) is 11.8. The summed E-state index contributed by atoms with van der Waals surface area (Å²) in [5, 5.41) is 17.0. The lowest BCUT2D eigenvalue weighted by molar-refractivity contribution is -0.135. The van der Waals surface area contributed by atoms with E-state index in [9.17, 15) is 14.7 Å². The fraction of sp³-hybridized carbons (Fsp3) is 0.500. The number of nitrogens with zero attached hydrogens (tertiary/aromatic N) is 4. The molecule has 0 spiro atoms. The van der Waals surface area contributed by atoms with Gasteiger partial charge in [-0.2, -0.15) is 0 Å². The predicted octanol–water partition coefficient (Wildman–Crippen LogP) is 3.16. The van der Waals surface area contributed by atoms with E-state index in [2.05, 4.69) is 38.5 Å². The van der Waals surface area contributed by atoms with Gasteiger partial charge in [0.1, 0.15) is 18.2 Å². The summed E-state index contributed by atoms with van der Waals surface area (Å²) >= 11 is 0. The number of carbonyl (C=O) groups is 2. The van der Waals surface area contributed by atoms with Crippen LogP contribution in [0, 0.1) is 12.8 Å². The molecule has 0 bridgehead atoms. The van der Waals surface area contributed by atoms with Crippen LogP contribution in [-0.2, 0) is 24.4 Å². The zero-order valence-corrected chi connectivity index (χ0v) is 25.2. The minimum atomic E-state index is -0.700. The van der Waals surface area contributed by atoms with Crippen molar-refractivity contribution in [1.29, 1.82) is 0 Å². The molecule has 0 saturated carbocycles. The average molecular weight is 591 g/mol. The van der Waals surface area contributed by atoms with Crippen molar-refractivity contribution in [3.8, 4) is 5.75 Å². The third kappa shape index (κ3) is 7.91. The quantitative estimate of drug-likeness (QED) is 0.308. The van der Waals surface area contributed by atoms with Crippen LogP contribution in [0.15, 0.2) is 47.5 Å². The Hall–Kier alpha value is -3.96. The fourth-order valence-corrected chi connectivity index (χ4v) is 5.80. The molecule has 43 heavy (non-hydrogen) atoms. The number of oxazole rings is 1. The number of anilines is 1. The van der Waals surface area contributed by atoms with Crippen LogP contribution < -0.4 is 15.4 Å². The van der Waals surface area contributed by atoms with Crippen LogP contribution in [0.25, 0.3) is 0 Å². The van der Waals surface area contributed by atoms with Gasteiger partial charge in [0.2, 0.25) is 5.91 Å². The van der Waals surface area contributed by atoms with Crippen LogP contribution in [0.2, 0.25) is 0 Å². The second kappa shape index (κ2) is 14.0. The van der Waals surface area contributed by atoms with Gasteiger partial charge in [0.15, 0.2) is 12.2 Å². The molecule has 2 aromatic heterocycles. The Bertz CT molecular complexity index is 1390. The van der Waals surface area contributed by atoms with E-state index in [4.69, 9.17) is 9.15 Å². The van der Waals surface area contributed by atoms with Crippen LogP contribution in [0.5, 0.6) is 5.75 Å². The van der Waals surface area contributed by atoms with Crippen molar-refractivity contribution in [2.24, 2.45) is 5.92 Å². The van der Waals surface area contributed by atoms with Crippen molar-refractivity contribution in [1.82, 2.24) is 25.1 Å². The number of pyridine rings is 1. The van der Waals surface area contributed by atoms with E-state index < -0.39 is 6.10 Å². The van der Waals surface area contributed by atoms with Crippen LogP contribution in [0.1, 0.15) is 59.5 Å². The molecule has 0 aliphatic carbocycles. The Kier molecular flexibility index (Phi) is 9.93. The Balaban J connectivity index is 1.06. The number of ether oxygens (including phenoxy) is 1. The van der Waals surface area contributed by atoms with Crippen molar-refractivity contribution in [3.05, 3.63) is 71.1 Å². The van der Waals surface area contributed by atoms with E-state index in [1.54, 1.807) is 24.5 Å². The number of carbonyl (C=O) groups excluding carboxylic acids is 2. The highest BCUT2D eigenvalue weighted by Crippen LogP contribution is 2.30. The minimum absolute atomic E-state index is 0.00659. The summed E-state index contributed by atoms with van der Waals surface area (Å²) in [5.41, 5.74) is 4.12. The molecular weight excluding hydrogens is 548 g/mol. The van der Waals surface area contributed by atoms with E-state index >= 15 is 0 Å².